The van der Waals surface area contributed by atoms with E-state index in [0.29, 0.717) is 34.3 Å². The van der Waals surface area contributed by atoms with Crippen molar-refractivity contribution in [1.82, 2.24) is 19.7 Å². The molecule has 176 valence electrons. The van der Waals surface area contributed by atoms with Gasteiger partial charge in [0.2, 0.25) is 5.89 Å². The van der Waals surface area contributed by atoms with Gasteiger partial charge < -0.3 is 19.0 Å². The summed E-state index contributed by atoms with van der Waals surface area (Å²) in [6.45, 7) is 0.982. The van der Waals surface area contributed by atoms with Crippen LogP contribution in [0.2, 0.25) is 0 Å². The number of ether oxygens (including phenoxy) is 1. The number of carbonyl (C=O) groups excluding carboxylic acids is 2. The maximum atomic E-state index is 13.6. The van der Waals surface area contributed by atoms with Crippen LogP contribution in [0.5, 0.6) is 0 Å². The summed E-state index contributed by atoms with van der Waals surface area (Å²) in [5.41, 5.74) is 1.61. The van der Waals surface area contributed by atoms with E-state index >= 15 is 0 Å². The highest BCUT2D eigenvalue weighted by atomic mass is 32.2. The molecule has 1 fully saturated rings. The van der Waals surface area contributed by atoms with Crippen LogP contribution in [0.15, 0.2) is 44.8 Å². The smallest absolute Gasteiger partial charge is 0.437 e. The van der Waals surface area contributed by atoms with Crippen LogP contribution in [0, 0.1) is 0 Å². The minimum absolute atomic E-state index is 0.0499. The maximum absolute atomic E-state index is 13.6. The molecule has 0 N–H and O–H groups in total. The van der Waals surface area contributed by atoms with E-state index in [4.69, 9.17) is 4.42 Å². The van der Waals surface area contributed by atoms with Crippen LogP contribution in [0.3, 0.4) is 0 Å². The Kier molecular flexibility index (Phi) is 5.82. The first-order chi connectivity index (χ1) is 16.5. The number of anilines is 2. The second-order valence-electron chi connectivity index (χ2n) is 7.96. The lowest BCUT2D eigenvalue weighted by Crippen LogP contribution is -2.39. The van der Waals surface area contributed by atoms with Crippen LogP contribution in [-0.2, 0) is 16.1 Å². The largest absolute Gasteiger partial charge is 0.468 e. The van der Waals surface area contributed by atoms with Crippen LogP contribution >= 0.6 is 11.8 Å². The second-order valence-corrected chi connectivity index (χ2v) is 8.73. The normalized spacial score (nSPS) is 17.4. The Morgan fingerprint density at radius 2 is 2.18 bits per heavy atom. The molecule has 0 saturated carbocycles. The van der Waals surface area contributed by atoms with Crippen LogP contribution in [0.4, 0.5) is 11.5 Å². The van der Waals surface area contributed by atoms with Crippen LogP contribution in [0.1, 0.15) is 23.2 Å². The van der Waals surface area contributed by atoms with Crippen molar-refractivity contribution in [1.29, 1.82) is 0 Å². The number of hydrogen-bond donors (Lipinski definition) is 0. The lowest BCUT2D eigenvalue weighted by atomic mass is 10.1. The summed E-state index contributed by atoms with van der Waals surface area (Å²) in [7, 11) is 1.23. The van der Waals surface area contributed by atoms with E-state index in [1.54, 1.807) is 29.3 Å². The Bertz CT molecular complexity index is 1320. The average Bonchev–Trinajstić information content (AvgIpc) is 3.45. The molecule has 1 aromatic carbocycles. The summed E-state index contributed by atoms with van der Waals surface area (Å²) in [6.07, 6.45) is 5.48. The molecule has 0 bridgehead atoms. The molecule has 1 atom stereocenters. The third-order valence-electron chi connectivity index (χ3n) is 5.96. The van der Waals surface area contributed by atoms with Gasteiger partial charge in [0.05, 0.1) is 7.11 Å². The third kappa shape index (κ3) is 3.94. The predicted molar refractivity (Wildman–Crippen MR) is 124 cm³/mol. The Hall–Kier alpha value is -3.67. The molecule has 12 heteroatoms. The standard InChI is InChI=1S/C22H22N6O5S/c1-32-17(29)12-28-22(31)33-19(25-28)13-5-3-6-14(9-13)27-11-15-7-4-8-26(15)18-16(20(27)30)10-23-21(24-18)34-2/h3,5-6,9-10,15H,4,7-8,11-12H2,1-2H3/t15-/m0/s1. The van der Waals surface area contributed by atoms with Gasteiger partial charge in [0.15, 0.2) is 5.16 Å². The summed E-state index contributed by atoms with van der Waals surface area (Å²) in [5, 5.41) is 4.73. The molecule has 2 aromatic heterocycles. The van der Waals surface area contributed by atoms with Gasteiger partial charge in [-0.3, -0.25) is 9.59 Å². The van der Waals surface area contributed by atoms with Crippen LogP contribution in [-0.4, -0.2) is 64.1 Å². The monoisotopic (exact) mass is 482 g/mol. The van der Waals surface area contributed by atoms with Crippen molar-refractivity contribution in [2.24, 2.45) is 0 Å². The van der Waals surface area contributed by atoms with E-state index in [2.05, 4.69) is 24.7 Å². The molecule has 0 unspecified atom stereocenters. The summed E-state index contributed by atoms with van der Waals surface area (Å²) in [6, 6.07) is 7.20. The Morgan fingerprint density at radius 1 is 1.32 bits per heavy atom. The summed E-state index contributed by atoms with van der Waals surface area (Å²) in [5.74, 6) is -0.842. The third-order valence-corrected chi connectivity index (χ3v) is 6.53. The lowest BCUT2D eigenvalue weighted by Gasteiger charge is -2.27. The van der Waals surface area contributed by atoms with Crippen LogP contribution in [0.25, 0.3) is 11.5 Å². The van der Waals surface area contributed by atoms with E-state index in [1.807, 2.05) is 12.3 Å². The fraction of sp³-hybridized carbons (Fsp3) is 0.364. The number of thioether (sulfide) groups is 1. The van der Waals surface area contributed by atoms with Gasteiger partial charge in [-0.05, 0) is 37.3 Å². The molecule has 1 saturated heterocycles. The predicted octanol–water partition coefficient (Wildman–Crippen LogP) is 1.82. The highest BCUT2D eigenvalue weighted by Gasteiger charge is 2.37. The molecule has 4 heterocycles. The van der Waals surface area contributed by atoms with Crippen molar-refractivity contribution in [3.8, 4) is 11.5 Å². The van der Waals surface area contributed by atoms with Crippen molar-refractivity contribution in [2.75, 3.05) is 36.3 Å². The Labute approximate surface area is 198 Å². The fourth-order valence-electron chi connectivity index (χ4n) is 4.31. The lowest BCUT2D eigenvalue weighted by molar-refractivity contribution is -0.141. The van der Waals surface area contributed by atoms with Gasteiger partial charge in [0.25, 0.3) is 5.91 Å². The maximum Gasteiger partial charge on any atom is 0.437 e. The molecule has 11 nitrogen and oxygen atoms in total. The minimum atomic E-state index is -0.770. The summed E-state index contributed by atoms with van der Waals surface area (Å²) >= 11 is 1.44. The number of methoxy groups -OCH3 is 1. The topological polar surface area (TPSA) is 124 Å². The molecule has 2 aliphatic heterocycles. The average molecular weight is 483 g/mol. The van der Waals surface area contributed by atoms with Crippen molar-refractivity contribution in [2.45, 2.75) is 30.6 Å². The van der Waals surface area contributed by atoms with Gasteiger partial charge in [0.1, 0.15) is 17.9 Å². The van der Waals surface area contributed by atoms with Gasteiger partial charge in [-0.1, -0.05) is 17.8 Å². The molecule has 1 amide bonds. The number of nitrogens with zero attached hydrogens (tertiary/aromatic N) is 6. The zero-order valence-corrected chi connectivity index (χ0v) is 19.4. The molecular weight excluding hydrogens is 460 g/mol. The zero-order valence-electron chi connectivity index (χ0n) is 18.6. The molecule has 0 spiro atoms. The molecule has 0 aliphatic carbocycles. The summed E-state index contributed by atoms with van der Waals surface area (Å²) in [4.78, 5) is 50.1. The molecule has 34 heavy (non-hydrogen) atoms. The van der Waals surface area contributed by atoms with Crippen molar-refractivity contribution >= 4 is 35.1 Å². The van der Waals surface area contributed by atoms with Gasteiger partial charge in [-0.25, -0.2) is 14.8 Å². The number of benzene rings is 1. The van der Waals surface area contributed by atoms with Gasteiger partial charge >= 0.3 is 11.7 Å². The highest BCUT2D eigenvalue weighted by molar-refractivity contribution is 7.98. The Morgan fingerprint density at radius 3 is 2.97 bits per heavy atom. The first-order valence-corrected chi connectivity index (χ1v) is 12.0. The number of aromatic nitrogens is 4. The van der Waals surface area contributed by atoms with Gasteiger partial charge in [-0.15, -0.1) is 5.10 Å². The van der Waals surface area contributed by atoms with E-state index in [1.165, 1.54) is 18.9 Å². The molecule has 2 aliphatic rings. The van der Waals surface area contributed by atoms with Gasteiger partial charge in [0, 0.05) is 36.6 Å². The fourth-order valence-corrected chi connectivity index (χ4v) is 4.64. The summed E-state index contributed by atoms with van der Waals surface area (Å²) < 4.78 is 10.7. The number of amides is 1. The SMILES string of the molecule is COC(=O)Cn1nc(-c2cccc(N3C[C@@H]4CCCN4c4nc(SC)ncc4C3=O)c2)oc1=O. The van der Waals surface area contributed by atoms with Crippen LogP contribution < -0.4 is 15.6 Å². The molecular formula is C22H22N6O5S. The minimum Gasteiger partial charge on any atom is -0.468 e. The van der Waals surface area contributed by atoms with E-state index in [9.17, 15) is 14.4 Å². The van der Waals surface area contributed by atoms with E-state index in [0.717, 1.165) is 24.1 Å². The van der Waals surface area contributed by atoms with Crippen molar-refractivity contribution < 1.29 is 18.7 Å². The number of carbonyl (C=O) groups is 2. The molecule has 3 aromatic rings. The van der Waals surface area contributed by atoms with Crippen molar-refractivity contribution in [3.05, 3.63) is 46.6 Å². The number of fused-ring (bicyclic) bond motifs is 3. The first-order valence-electron chi connectivity index (χ1n) is 10.7. The van der Waals surface area contributed by atoms with E-state index in [-0.39, 0.29) is 24.4 Å². The molecule has 0 radical (unpaired) electrons. The van der Waals surface area contributed by atoms with Crippen molar-refractivity contribution in [3.63, 3.8) is 0 Å². The highest BCUT2D eigenvalue weighted by Crippen LogP contribution is 2.35. The Balaban J connectivity index is 1.51. The van der Waals surface area contributed by atoms with Gasteiger partial charge in [-0.2, -0.15) is 4.68 Å². The quantitative estimate of drug-likeness (QED) is 0.302. The number of esters is 1. The molecule has 5 rings (SSSR count). The second kappa shape index (κ2) is 8.93. The van der Waals surface area contributed by atoms with E-state index < -0.39 is 11.7 Å². The zero-order chi connectivity index (χ0) is 23.8. The number of rotatable bonds is 5. The first kappa shape index (κ1) is 22.1. The number of hydrogen-bond acceptors (Lipinski definition) is 10.